The van der Waals surface area contributed by atoms with Crippen LogP contribution in [0.1, 0.15) is 74.0 Å². The molecule has 0 aliphatic heterocycles. The van der Waals surface area contributed by atoms with Gasteiger partial charge in [0, 0.05) is 4.88 Å². The largest absolute Gasteiger partial charge is 0.322 e. The second kappa shape index (κ2) is 7.83. The smallest absolute Gasteiger partial charge is 0.110 e. The zero-order chi connectivity index (χ0) is 12.7. The van der Waals surface area contributed by atoms with Gasteiger partial charge in [0.05, 0.1) is 11.7 Å². The van der Waals surface area contributed by atoms with Gasteiger partial charge in [-0.25, -0.2) is 4.98 Å². The first-order valence-electron chi connectivity index (χ1n) is 6.90. The Balaban J connectivity index is 2.33. The molecule has 0 amide bonds. The summed E-state index contributed by atoms with van der Waals surface area (Å²) in [5.41, 5.74) is 7.42. The van der Waals surface area contributed by atoms with Crippen LogP contribution in [0.2, 0.25) is 0 Å². The van der Waals surface area contributed by atoms with Crippen molar-refractivity contribution in [2.75, 3.05) is 0 Å². The molecule has 1 heterocycles. The molecule has 1 atom stereocenters. The van der Waals surface area contributed by atoms with Gasteiger partial charge in [-0.05, 0) is 19.8 Å². The topological polar surface area (TPSA) is 38.9 Å². The van der Waals surface area contributed by atoms with Gasteiger partial charge < -0.3 is 5.73 Å². The van der Waals surface area contributed by atoms with Gasteiger partial charge in [0.1, 0.15) is 5.01 Å². The van der Waals surface area contributed by atoms with Crippen LogP contribution in [0.5, 0.6) is 0 Å². The van der Waals surface area contributed by atoms with Crippen LogP contribution in [0.4, 0.5) is 0 Å². The highest BCUT2D eigenvalue weighted by atomic mass is 32.1. The summed E-state index contributed by atoms with van der Waals surface area (Å²) in [6.07, 6.45) is 8.66. The number of aryl methyl sites for hydroxylation is 2. The Kier molecular flexibility index (Phi) is 6.75. The van der Waals surface area contributed by atoms with E-state index in [-0.39, 0.29) is 6.04 Å². The highest BCUT2D eigenvalue weighted by Crippen LogP contribution is 2.25. The van der Waals surface area contributed by atoms with Crippen LogP contribution in [0.25, 0.3) is 0 Å². The highest BCUT2D eigenvalue weighted by molar-refractivity contribution is 7.11. The van der Waals surface area contributed by atoms with Crippen molar-refractivity contribution in [3.8, 4) is 0 Å². The summed E-state index contributed by atoms with van der Waals surface area (Å²) in [5.74, 6) is 0. The number of aromatic nitrogens is 1. The van der Waals surface area contributed by atoms with Crippen molar-refractivity contribution in [3.05, 3.63) is 15.6 Å². The fraction of sp³-hybridized carbons (Fsp3) is 0.786. The number of nitrogens with two attached hydrogens (primary N) is 1. The number of rotatable bonds is 8. The van der Waals surface area contributed by atoms with E-state index in [0.29, 0.717) is 0 Å². The Morgan fingerprint density at radius 1 is 1.18 bits per heavy atom. The second-order valence-electron chi connectivity index (χ2n) is 4.72. The van der Waals surface area contributed by atoms with Gasteiger partial charge in [-0.2, -0.15) is 0 Å². The maximum absolute atomic E-state index is 6.19. The number of thiazole rings is 1. The first-order valence-corrected chi connectivity index (χ1v) is 7.72. The molecular formula is C14H26N2S. The Labute approximate surface area is 110 Å². The molecule has 0 aliphatic rings. The lowest BCUT2D eigenvalue weighted by atomic mass is 10.1. The van der Waals surface area contributed by atoms with Crippen LogP contribution in [0, 0.1) is 6.92 Å². The van der Waals surface area contributed by atoms with Gasteiger partial charge in [0.25, 0.3) is 0 Å². The van der Waals surface area contributed by atoms with E-state index in [2.05, 4.69) is 25.8 Å². The third kappa shape index (κ3) is 4.76. The molecule has 0 saturated carbocycles. The minimum Gasteiger partial charge on any atom is -0.322 e. The Hall–Kier alpha value is -0.410. The Morgan fingerprint density at radius 2 is 1.88 bits per heavy atom. The van der Waals surface area contributed by atoms with E-state index in [9.17, 15) is 0 Å². The van der Waals surface area contributed by atoms with Gasteiger partial charge in [0.2, 0.25) is 0 Å². The molecule has 0 aliphatic carbocycles. The summed E-state index contributed by atoms with van der Waals surface area (Å²) < 4.78 is 0. The van der Waals surface area contributed by atoms with Gasteiger partial charge in [0.15, 0.2) is 0 Å². The number of hydrogen-bond acceptors (Lipinski definition) is 3. The SMILES string of the molecule is CCCCCCCC(N)c1nc(CC)c(C)s1. The van der Waals surface area contributed by atoms with Crippen molar-refractivity contribution >= 4 is 11.3 Å². The molecule has 0 saturated heterocycles. The molecule has 1 unspecified atom stereocenters. The van der Waals surface area contributed by atoms with Crippen molar-refractivity contribution in [1.29, 1.82) is 0 Å². The quantitative estimate of drug-likeness (QED) is 0.699. The Bertz CT molecular complexity index is 320. The Morgan fingerprint density at radius 3 is 2.47 bits per heavy atom. The summed E-state index contributed by atoms with van der Waals surface area (Å²) in [6, 6.07) is 0.153. The normalized spacial score (nSPS) is 12.9. The molecule has 0 aromatic carbocycles. The predicted octanol–water partition coefficient (Wildman–Crippen LogP) is 4.37. The van der Waals surface area contributed by atoms with Crippen LogP contribution in [0.3, 0.4) is 0 Å². The number of unbranched alkanes of at least 4 members (excludes halogenated alkanes) is 4. The zero-order valence-corrected chi connectivity index (χ0v) is 12.3. The van der Waals surface area contributed by atoms with Gasteiger partial charge >= 0.3 is 0 Å². The summed E-state index contributed by atoms with van der Waals surface area (Å²) in [7, 11) is 0. The lowest BCUT2D eigenvalue weighted by Gasteiger charge is -2.07. The average molecular weight is 254 g/mol. The van der Waals surface area contributed by atoms with E-state index in [4.69, 9.17) is 5.73 Å². The van der Waals surface area contributed by atoms with Gasteiger partial charge in [-0.3, -0.25) is 0 Å². The lowest BCUT2D eigenvalue weighted by Crippen LogP contribution is -2.09. The molecule has 0 bridgehead atoms. The molecule has 0 radical (unpaired) electrons. The van der Waals surface area contributed by atoms with E-state index < -0.39 is 0 Å². The van der Waals surface area contributed by atoms with Crippen LogP contribution in [-0.4, -0.2) is 4.98 Å². The molecule has 1 aromatic heterocycles. The number of nitrogens with zero attached hydrogens (tertiary/aromatic N) is 1. The lowest BCUT2D eigenvalue weighted by molar-refractivity contribution is 0.553. The van der Waals surface area contributed by atoms with Gasteiger partial charge in [-0.15, -0.1) is 11.3 Å². The molecule has 98 valence electrons. The maximum atomic E-state index is 6.19. The van der Waals surface area contributed by atoms with E-state index in [1.807, 2.05) is 0 Å². The molecule has 0 fully saturated rings. The van der Waals surface area contributed by atoms with E-state index in [0.717, 1.165) is 17.8 Å². The fourth-order valence-corrected chi connectivity index (χ4v) is 3.07. The predicted molar refractivity (Wildman–Crippen MR) is 76.5 cm³/mol. The number of hydrogen-bond donors (Lipinski definition) is 1. The van der Waals surface area contributed by atoms with Crippen molar-refractivity contribution in [3.63, 3.8) is 0 Å². The zero-order valence-electron chi connectivity index (χ0n) is 11.5. The summed E-state index contributed by atoms with van der Waals surface area (Å²) in [6.45, 7) is 6.55. The fourth-order valence-electron chi connectivity index (χ4n) is 2.03. The second-order valence-corrected chi connectivity index (χ2v) is 5.95. The molecule has 0 spiro atoms. The highest BCUT2D eigenvalue weighted by Gasteiger charge is 2.12. The molecule has 3 heteroatoms. The molecular weight excluding hydrogens is 228 g/mol. The molecule has 1 rings (SSSR count). The molecule has 17 heavy (non-hydrogen) atoms. The first-order chi connectivity index (χ1) is 8.19. The van der Waals surface area contributed by atoms with E-state index in [1.165, 1.54) is 42.7 Å². The minimum absolute atomic E-state index is 0.153. The van der Waals surface area contributed by atoms with Crippen LogP contribution < -0.4 is 5.73 Å². The van der Waals surface area contributed by atoms with Crippen molar-refractivity contribution in [2.45, 2.75) is 71.8 Å². The minimum atomic E-state index is 0.153. The standard InChI is InChI=1S/C14H26N2S/c1-4-6-7-8-9-10-12(15)14-16-13(5-2)11(3)17-14/h12H,4-10,15H2,1-3H3. The summed E-state index contributed by atoms with van der Waals surface area (Å²) >= 11 is 1.78. The average Bonchev–Trinajstić information content (AvgIpc) is 2.70. The van der Waals surface area contributed by atoms with Crippen LogP contribution in [-0.2, 0) is 6.42 Å². The van der Waals surface area contributed by atoms with E-state index in [1.54, 1.807) is 11.3 Å². The summed E-state index contributed by atoms with van der Waals surface area (Å²) in [5, 5.41) is 1.13. The summed E-state index contributed by atoms with van der Waals surface area (Å²) in [4.78, 5) is 5.97. The monoisotopic (exact) mass is 254 g/mol. The van der Waals surface area contributed by atoms with Crippen LogP contribution in [0.15, 0.2) is 0 Å². The molecule has 2 nitrogen and oxygen atoms in total. The first kappa shape index (κ1) is 14.7. The van der Waals surface area contributed by atoms with Crippen molar-refractivity contribution < 1.29 is 0 Å². The van der Waals surface area contributed by atoms with Crippen molar-refractivity contribution in [1.82, 2.24) is 4.98 Å². The third-order valence-electron chi connectivity index (χ3n) is 3.18. The third-order valence-corrected chi connectivity index (χ3v) is 4.32. The molecule has 2 N–H and O–H groups in total. The van der Waals surface area contributed by atoms with Crippen molar-refractivity contribution in [2.24, 2.45) is 5.73 Å². The molecule has 1 aromatic rings. The van der Waals surface area contributed by atoms with E-state index >= 15 is 0 Å². The van der Waals surface area contributed by atoms with Gasteiger partial charge in [-0.1, -0.05) is 46.0 Å². The van der Waals surface area contributed by atoms with Crippen LogP contribution >= 0.6 is 11.3 Å². The maximum Gasteiger partial charge on any atom is 0.110 e.